The fraction of sp³-hybridized carbons (Fsp3) is 0.391. The standard InChI is InChI=1S/C23H26F3N3O2.ClH/c1-2-18(15-6-4-3-5-7-15)22(31)29-12-10-17(11-13-29)28-21(30)19-14-16(23(24,25)26)8-9-20(19)27;/h3-9,14,17-18H,2,10-13,27H2,1H3,(H,28,30);1H. The molecule has 0 bridgehead atoms. The van der Waals surface area contributed by atoms with Gasteiger partial charge in [0.15, 0.2) is 0 Å². The van der Waals surface area contributed by atoms with Crippen molar-refractivity contribution in [2.24, 2.45) is 0 Å². The Kier molecular flexibility index (Phi) is 8.55. The predicted molar refractivity (Wildman–Crippen MR) is 120 cm³/mol. The minimum atomic E-state index is -4.55. The molecule has 32 heavy (non-hydrogen) atoms. The van der Waals surface area contributed by atoms with Gasteiger partial charge in [0.2, 0.25) is 5.91 Å². The molecule has 2 amide bonds. The van der Waals surface area contributed by atoms with E-state index in [1.54, 1.807) is 4.90 Å². The molecule has 3 N–H and O–H groups in total. The molecule has 1 aliphatic heterocycles. The maximum atomic E-state index is 13.0. The lowest BCUT2D eigenvalue weighted by Crippen LogP contribution is -2.47. The molecule has 1 unspecified atom stereocenters. The highest BCUT2D eigenvalue weighted by atomic mass is 35.5. The molecule has 1 atom stereocenters. The topological polar surface area (TPSA) is 75.4 Å². The minimum absolute atomic E-state index is 0. The monoisotopic (exact) mass is 469 g/mol. The molecule has 0 radical (unpaired) electrons. The van der Waals surface area contributed by atoms with Gasteiger partial charge in [-0.3, -0.25) is 9.59 Å². The van der Waals surface area contributed by atoms with Crippen LogP contribution >= 0.6 is 12.4 Å². The lowest BCUT2D eigenvalue weighted by Gasteiger charge is -2.34. The molecule has 1 saturated heterocycles. The number of hydrogen-bond acceptors (Lipinski definition) is 3. The number of halogens is 4. The summed E-state index contributed by atoms with van der Waals surface area (Å²) in [7, 11) is 0. The number of carbonyl (C=O) groups excluding carboxylic acids is 2. The molecule has 5 nitrogen and oxygen atoms in total. The molecule has 0 saturated carbocycles. The van der Waals surface area contributed by atoms with E-state index in [2.05, 4.69) is 5.32 Å². The van der Waals surface area contributed by atoms with Crippen LogP contribution in [0.15, 0.2) is 48.5 Å². The third-order valence-electron chi connectivity index (χ3n) is 5.68. The van der Waals surface area contributed by atoms with Gasteiger partial charge in [-0.1, -0.05) is 37.3 Å². The SMILES string of the molecule is CCC(C(=O)N1CCC(NC(=O)c2cc(C(F)(F)F)ccc2N)CC1)c1ccccc1.Cl. The van der Waals surface area contributed by atoms with Gasteiger partial charge in [-0.15, -0.1) is 12.4 Å². The van der Waals surface area contributed by atoms with Crippen LogP contribution in [0.3, 0.4) is 0 Å². The maximum Gasteiger partial charge on any atom is 0.416 e. The zero-order valence-corrected chi connectivity index (χ0v) is 18.5. The smallest absolute Gasteiger partial charge is 0.398 e. The van der Waals surface area contributed by atoms with Crippen molar-refractivity contribution in [1.29, 1.82) is 0 Å². The van der Waals surface area contributed by atoms with Gasteiger partial charge in [0, 0.05) is 24.8 Å². The van der Waals surface area contributed by atoms with E-state index in [1.165, 1.54) is 0 Å². The molecule has 0 aromatic heterocycles. The lowest BCUT2D eigenvalue weighted by atomic mass is 9.93. The highest BCUT2D eigenvalue weighted by molar-refractivity contribution is 5.99. The van der Waals surface area contributed by atoms with Crippen LogP contribution in [0.2, 0.25) is 0 Å². The van der Waals surface area contributed by atoms with Gasteiger partial charge in [0.25, 0.3) is 5.91 Å². The van der Waals surface area contributed by atoms with Gasteiger partial charge in [0.1, 0.15) is 0 Å². The van der Waals surface area contributed by atoms with Gasteiger partial charge in [-0.2, -0.15) is 13.2 Å². The second-order valence-electron chi connectivity index (χ2n) is 7.74. The van der Waals surface area contributed by atoms with Crippen LogP contribution < -0.4 is 11.1 Å². The molecule has 1 aliphatic rings. The number of rotatable bonds is 5. The van der Waals surface area contributed by atoms with Crippen LogP contribution in [0.4, 0.5) is 18.9 Å². The first-order valence-electron chi connectivity index (χ1n) is 10.3. The molecule has 0 aliphatic carbocycles. The number of nitrogens with one attached hydrogen (secondary N) is 1. The Morgan fingerprint density at radius 1 is 1.12 bits per heavy atom. The Bertz CT molecular complexity index is 930. The molecule has 3 rings (SSSR count). The Labute approximate surface area is 191 Å². The maximum absolute atomic E-state index is 13.0. The van der Waals surface area contributed by atoms with E-state index in [1.807, 2.05) is 37.3 Å². The van der Waals surface area contributed by atoms with Gasteiger partial charge < -0.3 is 16.0 Å². The van der Waals surface area contributed by atoms with E-state index in [4.69, 9.17) is 5.73 Å². The molecule has 2 aromatic rings. The van der Waals surface area contributed by atoms with Gasteiger partial charge in [-0.25, -0.2) is 0 Å². The van der Waals surface area contributed by atoms with Crippen molar-refractivity contribution in [2.75, 3.05) is 18.8 Å². The number of nitrogen functional groups attached to an aromatic ring is 1. The number of piperidine rings is 1. The minimum Gasteiger partial charge on any atom is -0.398 e. The first-order chi connectivity index (χ1) is 14.7. The second-order valence-corrected chi connectivity index (χ2v) is 7.74. The number of nitrogens with zero attached hydrogens (tertiary/aromatic N) is 1. The van der Waals surface area contributed by atoms with E-state index in [0.29, 0.717) is 32.4 Å². The van der Waals surface area contributed by atoms with Crippen LogP contribution in [0.5, 0.6) is 0 Å². The van der Waals surface area contributed by atoms with E-state index in [-0.39, 0.29) is 41.5 Å². The van der Waals surface area contributed by atoms with Gasteiger partial charge >= 0.3 is 6.18 Å². The molecule has 1 fully saturated rings. The summed E-state index contributed by atoms with van der Waals surface area (Å²) in [6, 6.07) is 12.1. The van der Waals surface area contributed by atoms with E-state index in [9.17, 15) is 22.8 Å². The molecular formula is C23H27ClF3N3O2. The predicted octanol–water partition coefficient (Wildman–Crippen LogP) is 4.62. The van der Waals surface area contributed by atoms with Crippen molar-refractivity contribution in [3.8, 4) is 0 Å². The molecule has 0 spiro atoms. The number of hydrogen-bond donors (Lipinski definition) is 2. The average Bonchev–Trinajstić information content (AvgIpc) is 2.75. The summed E-state index contributed by atoms with van der Waals surface area (Å²) in [6.07, 6.45) is -2.81. The number of amides is 2. The summed E-state index contributed by atoms with van der Waals surface area (Å²) >= 11 is 0. The first-order valence-corrected chi connectivity index (χ1v) is 10.3. The highest BCUT2D eigenvalue weighted by Crippen LogP contribution is 2.31. The molecule has 174 valence electrons. The summed E-state index contributed by atoms with van der Waals surface area (Å²) in [6.45, 7) is 2.93. The van der Waals surface area contributed by atoms with Crippen LogP contribution in [-0.2, 0) is 11.0 Å². The molecule has 2 aromatic carbocycles. The van der Waals surface area contributed by atoms with Crippen LogP contribution in [0, 0.1) is 0 Å². The summed E-state index contributed by atoms with van der Waals surface area (Å²) in [5, 5.41) is 2.76. The number of nitrogens with two attached hydrogens (primary N) is 1. The van der Waals surface area contributed by atoms with Crippen molar-refractivity contribution in [3.63, 3.8) is 0 Å². The van der Waals surface area contributed by atoms with Crippen molar-refractivity contribution in [3.05, 3.63) is 65.2 Å². The third kappa shape index (κ3) is 5.94. The van der Waals surface area contributed by atoms with Crippen molar-refractivity contribution in [2.45, 2.75) is 44.3 Å². The Hall–Kier alpha value is -2.74. The van der Waals surface area contributed by atoms with Crippen molar-refractivity contribution in [1.82, 2.24) is 10.2 Å². The summed E-state index contributed by atoms with van der Waals surface area (Å²) in [5.41, 5.74) is 5.58. The number of benzene rings is 2. The Balaban J connectivity index is 0.00000363. The van der Waals surface area contributed by atoms with Crippen molar-refractivity contribution < 1.29 is 22.8 Å². The average molecular weight is 470 g/mol. The summed E-state index contributed by atoms with van der Waals surface area (Å²) < 4.78 is 38.8. The van der Waals surface area contributed by atoms with Crippen LogP contribution in [0.1, 0.15) is 53.6 Å². The second kappa shape index (κ2) is 10.7. The summed E-state index contributed by atoms with van der Waals surface area (Å²) in [5.74, 6) is -0.790. The van der Waals surface area contributed by atoms with E-state index in [0.717, 1.165) is 23.8 Å². The zero-order valence-electron chi connectivity index (χ0n) is 17.7. The molecule has 9 heteroatoms. The number of alkyl halides is 3. The number of likely N-dealkylation sites (tertiary alicyclic amines) is 1. The highest BCUT2D eigenvalue weighted by Gasteiger charge is 2.32. The summed E-state index contributed by atoms with van der Waals surface area (Å²) in [4.78, 5) is 27.3. The van der Waals surface area contributed by atoms with Crippen molar-refractivity contribution >= 4 is 29.9 Å². The lowest BCUT2D eigenvalue weighted by molar-refractivity contribution is -0.137. The van der Waals surface area contributed by atoms with Gasteiger partial charge in [0.05, 0.1) is 17.0 Å². The number of carbonyl (C=O) groups is 2. The van der Waals surface area contributed by atoms with E-state index < -0.39 is 17.6 Å². The van der Waals surface area contributed by atoms with Crippen LogP contribution in [0.25, 0.3) is 0 Å². The molecular weight excluding hydrogens is 443 g/mol. The quantitative estimate of drug-likeness (QED) is 0.627. The normalized spacial score (nSPS) is 15.6. The largest absolute Gasteiger partial charge is 0.416 e. The van der Waals surface area contributed by atoms with Gasteiger partial charge in [-0.05, 0) is 43.0 Å². The van der Waals surface area contributed by atoms with Crippen LogP contribution in [-0.4, -0.2) is 35.8 Å². The third-order valence-corrected chi connectivity index (χ3v) is 5.68. The molecule has 1 heterocycles. The zero-order chi connectivity index (χ0) is 22.6. The fourth-order valence-electron chi connectivity index (χ4n) is 3.90. The van der Waals surface area contributed by atoms with E-state index >= 15 is 0 Å². The number of anilines is 1. The fourth-order valence-corrected chi connectivity index (χ4v) is 3.90. The Morgan fingerprint density at radius 3 is 2.31 bits per heavy atom. The Morgan fingerprint density at radius 2 is 1.75 bits per heavy atom. The first kappa shape index (κ1) is 25.5.